The van der Waals surface area contributed by atoms with Crippen LogP contribution < -0.4 is 10.5 Å². The van der Waals surface area contributed by atoms with Gasteiger partial charge >= 0.3 is 0 Å². The van der Waals surface area contributed by atoms with Gasteiger partial charge in [-0.05, 0) is 63.0 Å². The molecule has 3 heteroatoms. The first-order chi connectivity index (χ1) is 9.08. The quantitative estimate of drug-likeness (QED) is 0.731. The second-order valence-corrected chi connectivity index (χ2v) is 5.16. The van der Waals surface area contributed by atoms with Gasteiger partial charge in [-0.2, -0.15) is 0 Å². The average Bonchev–Trinajstić information content (AvgIpc) is 2.36. The van der Waals surface area contributed by atoms with E-state index >= 15 is 0 Å². The molecule has 0 spiro atoms. The van der Waals surface area contributed by atoms with Gasteiger partial charge in [0, 0.05) is 6.54 Å². The van der Waals surface area contributed by atoms with E-state index in [-0.39, 0.29) is 0 Å². The molecule has 0 radical (unpaired) electrons. The second kappa shape index (κ2) is 8.05. The summed E-state index contributed by atoms with van der Waals surface area (Å²) in [6.07, 6.45) is 2.37. The molecule has 0 saturated carbocycles. The highest BCUT2D eigenvalue weighted by Crippen LogP contribution is 2.25. The smallest absolute Gasteiger partial charge is 0.142 e. The lowest BCUT2D eigenvalue weighted by atomic mass is 10.1. The fourth-order valence-corrected chi connectivity index (χ4v) is 2.19. The molecular formula is C16H28N2O. The van der Waals surface area contributed by atoms with Gasteiger partial charge in [0.05, 0.1) is 5.69 Å². The molecule has 0 saturated heterocycles. The van der Waals surface area contributed by atoms with Gasteiger partial charge in [-0.1, -0.05) is 13.8 Å². The first-order valence-corrected chi connectivity index (χ1v) is 7.30. The van der Waals surface area contributed by atoms with Crippen LogP contribution in [0, 0.1) is 13.8 Å². The van der Waals surface area contributed by atoms with Gasteiger partial charge in [-0.3, -0.25) is 4.90 Å². The van der Waals surface area contributed by atoms with Crippen molar-refractivity contribution in [2.75, 3.05) is 32.0 Å². The number of benzene rings is 1. The van der Waals surface area contributed by atoms with E-state index in [0.717, 1.165) is 31.1 Å². The van der Waals surface area contributed by atoms with Crippen LogP contribution in [0.3, 0.4) is 0 Å². The summed E-state index contributed by atoms with van der Waals surface area (Å²) in [4.78, 5) is 2.44. The van der Waals surface area contributed by atoms with Crippen molar-refractivity contribution < 1.29 is 4.74 Å². The van der Waals surface area contributed by atoms with Gasteiger partial charge in [-0.25, -0.2) is 0 Å². The molecule has 2 N–H and O–H groups in total. The van der Waals surface area contributed by atoms with Crippen molar-refractivity contribution >= 4 is 5.69 Å². The third-order valence-corrected chi connectivity index (χ3v) is 3.37. The third kappa shape index (κ3) is 5.11. The topological polar surface area (TPSA) is 38.5 Å². The molecule has 0 bridgehead atoms. The molecule has 108 valence electrons. The highest BCUT2D eigenvalue weighted by atomic mass is 16.5. The standard InChI is InChI=1S/C16H28N2O/c1-5-7-18(8-6-2)9-10-19-16-12-14(4)13(3)11-15(16)17/h11-12H,5-10,17H2,1-4H3. The first kappa shape index (κ1) is 15.8. The number of hydrogen-bond donors (Lipinski definition) is 1. The van der Waals surface area contributed by atoms with Crippen LogP contribution in [-0.4, -0.2) is 31.1 Å². The number of nitrogens with zero attached hydrogens (tertiary/aromatic N) is 1. The lowest BCUT2D eigenvalue weighted by molar-refractivity contribution is 0.209. The Morgan fingerprint density at radius 2 is 1.58 bits per heavy atom. The first-order valence-electron chi connectivity index (χ1n) is 7.30. The summed E-state index contributed by atoms with van der Waals surface area (Å²) in [6.45, 7) is 12.5. The van der Waals surface area contributed by atoms with E-state index in [1.807, 2.05) is 12.1 Å². The summed E-state index contributed by atoms with van der Waals surface area (Å²) in [5.41, 5.74) is 9.16. The Labute approximate surface area is 117 Å². The van der Waals surface area contributed by atoms with Gasteiger partial charge < -0.3 is 10.5 Å². The zero-order valence-corrected chi connectivity index (χ0v) is 12.8. The number of nitrogen functional groups attached to an aromatic ring is 1. The number of rotatable bonds is 8. The average molecular weight is 264 g/mol. The maximum atomic E-state index is 5.99. The minimum Gasteiger partial charge on any atom is -0.490 e. The van der Waals surface area contributed by atoms with Crippen LogP contribution in [0.2, 0.25) is 0 Å². The normalized spacial score (nSPS) is 11.0. The fourth-order valence-electron chi connectivity index (χ4n) is 2.19. The van der Waals surface area contributed by atoms with Crippen molar-refractivity contribution in [3.05, 3.63) is 23.3 Å². The summed E-state index contributed by atoms with van der Waals surface area (Å²) < 4.78 is 5.83. The van der Waals surface area contributed by atoms with E-state index in [1.54, 1.807) is 0 Å². The zero-order valence-electron chi connectivity index (χ0n) is 12.8. The maximum Gasteiger partial charge on any atom is 0.142 e. The van der Waals surface area contributed by atoms with Crippen molar-refractivity contribution in [1.82, 2.24) is 4.90 Å². The molecule has 0 aromatic heterocycles. The monoisotopic (exact) mass is 264 g/mol. The van der Waals surface area contributed by atoms with E-state index in [9.17, 15) is 0 Å². The Morgan fingerprint density at radius 1 is 1.00 bits per heavy atom. The fraction of sp³-hybridized carbons (Fsp3) is 0.625. The van der Waals surface area contributed by atoms with E-state index in [4.69, 9.17) is 10.5 Å². The Hall–Kier alpha value is -1.22. The molecule has 0 amide bonds. The van der Waals surface area contributed by atoms with E-state index in [0.29, 0.717) is 6.61 Å². The lowest BCUT2D eigenvalue weighted by Gasteiger charge is -2.21. The van der Waals surface area contributed by atoms with Crippen LogP contribution in [0.25, 0.3) is 0 Å². The van der Waals surface area contributed by atoms with Gasteiger partial charge in [0.25, 0.3) is 0 Å². The number of ether oxygens (including phenoxy) is 1. The van der Waals surface area contributed by atoms with Crippen LogP contribution in [0.1, 0.15) is 37.8 Å². The Kier molecular flexibility index (Phi) is 6.71. The zero-order chi connectivity index (χ0) is 14.3. The molecule has 3 nitrogen and oxygen atoms in total. The molecule has 0 aliphatic rings. The van der Waals surface area contributed by atoms with Crippen molar-refractivity contribution in [3.8, 4) is 5.75 Å². The molecule has 1 aromatic rings. The summed E-state index contributed by atoms with van der Waals surface area (Å²) >= 11 is 0. The van der Waals surface area contributed by atoms with Crippen LogP contribution in [0.4, 0.5) is 5.69 Å². The number of anilines is 1. The number of aryl methyl sites for hydroxylation is 2. The molecule has 1 aromatic carbocycles. The Morgan fingerprint density at radius 3 is 2.16 bits per heavy atom. The molecule has 0 heterocycles. The summed E-state index contributed by atoms with van der Waals surface area (Å²) in [6, 6.07) is 4.02. The Bertz CT molecular complexity index is 385. The molecule has 0 aliphatic heterocycles. The summed E-state index contributed by atoms with van der Waals surface area (Å²) in [7, 11) is 0. The van der Waals surface area contributed by atoms with Gasteiger partial charge in [-0.15, -0.1) is 0 Å². The van der Waals surface area contributed by atoms with Crippen molar-refractivity contribution in [2.24, 2.45) is 0 Å². The predicted octanol–water partition coefficient (Wildman–Crippen LogP) is 3.39. The number of hydrogen-bond acceptors (Lipinski definition) is 3. The molecule has 19 heavy (non-hydrogen) atoms. The lowest BCUT2D eigenvalue weighted by Crippen LogP contribution is -2.30. The minimum absolute atomic E-state index is 0.701. The molecule has 0 fully saturated rings. The van der Waals surface area contributed by atoms with Crippen LogP contribution >= 0.6 is 0 Å². The SMILES string of the molecule is CCCN(CCC)CCOc1cc(C)c(C)cc1N. The third-order valence-electron chi connectivity index (χ3n) is 3.37. The highest BCUT2D eigenvalue weighted by molar-refractivity contribution is 5.56. The van der Waals surface area contributed by atoms with Crippen LogP contribution in [-0.2, 0) is 0 Å². The van der Waals surface area contributed by atoms with Gasteiger partial charge in [0.2, 0.25) is 0 Å². The maximum absolute atomic E-state index is 5.99. The van der Waals surface area contributed by atoms with Crippen molar-refractivity contribution in [1.29, 1.82) is 0 Å². The van der Waals surface area contributed by atoms with Crippen LogP contribution in [0.5, 0.6) is 5.75 Å². The molecule has 1 rings (SSSR count). The molecular weight excluding hydrogens is 236 g/mol. The minimum atomic E-state index is 0.701. The molecule has 0 unspecified atom stereocenters. The number of nitrogens with two attached hydrogens (primary N) is 1. The summed E-state index contributed by atoms with van der Waals surface area (Å²) in [5.74, 6) is 0.816. The van der Waals surface area contributed by atoms with Crippen molar-refractivity contribution in [2.45, 2.75) is 40.5 Å². The van der Waals surface area contributed by atoms with E-state index < -0.39 is 0 Å². The molecule has 0 aliphatic carbocycles. The van der Waals surface area contributed by atoms with E-state index in [2.05, 4.69) is 32.6 Å². The van der Waals surface area contributed by atoms with Gasteiger partial charge in [0.15, 0.2) is 0 Å². The van der Waals surface area contributed by atoms with Crippen molar-refractivity contribution in [3.63, 3.8) is 0 Å². The van der Waals surface area contributed by atoms with Gasteiger partial charge in [0.1, 0.15) is 12.4 Å². The highest BCUT2D eigenvalue weighted by Gasteiger charge is 2.06. The second-order valence-electron chi connectivity index (χ2n) is 5.16. The predicted molar refractivity (Wildman–Crippen MR) is 82.8 cm³/mol. The molecule has 0 atom stereocenters. The van der Waals surface area contributed by atoms with Crippen LogP contribution in [0.15, 0.2) is 12.1 Å². The van der Waals surface area contributed by atoms with E-state index in [1.165, 1.54) is 24.0 Å². The largest absolute Gasteiger partial charge is 0.490 e. The Balaban J connectivity index is 2.50. The summed E-state index contributed by atoms with van der Waals surface area (Å²) in [5, 5.41) is 0.